The summed E-state index contributed by atoms with van der Waals surface area (Å²) < 4.78 is 17.1. The van der Waals surface area contributed by atoms with Crippen molar-refractivity contribution in [1.82, 2.24) is 0 Å². The summed E-state index contributed by atoms with van der Waals surface area (Å²) in [6, 6.07) is 21.8. The van der Waals surface area contributed by atoms with Gasteiger partial charge in [0, 0.05) is 33.7 Å². The number of ether oxygens (including phenoxy) is 3. The van der Waals surface area contributed by atoms with E-state index in [1.54, 1.807) is 30.3 Å². The maximum atomic E-state index is 12.1. The highest BCUT2D eigenvalue weighted by Crippen LogP contribution is 2.44. The van der Waals surface area contributed by atoms with Gasteiger partial charge in [-0.3, -0.25) is 0 Å². The lowest BCUT2D eigenvalue weighted by atomic mass is 10.00. The van der Waals surface area contributed by atoms with E-state index in [0.717, 1.165) is 12.2 Å². The Bertz CT molecular complexity index is 1320. The van der Waals surface area contributed by atoms with Crippen LogP contribution in [0.25, 0.3) is 21.5 Å². The Morgan fingerprint density at radius 3 is 1.71 bits per heavy atom. The molecule has 0 saturated heterocycles. The maximum Gasteiger partial charge on any atom is 0.335 e. The van der Waals surface area contributed by atoms with Crippen LogP contribution < -0.4 is 14.2 Å². The van der Waals surface area contributed by atoms with E-state index in [9.17, 15) is 9.59 Å². The zero-order valence-corrected chi connectivity index (χ0v) is 16.5. The van der Waals surface area contributed by atoms with Crippen molar-refractivity contribution in [1.29, 1.82) is 0 Å². The van der Waals surface area contributed by atoms with Crippen molar-refractivity contribution in [3.8, 4) is 23.0 Å². The number of hydrogen-bond acceptors (Lipinski definition) is 5. The standard InChI is InChI=1S/C26H18O5/c1-3-23(27)30-25-19-12-8-9-13-20(19)26(31-24(28)4-2)22-16-18(14-15-21(22)25)29-17-10-6-5-7-11-17/h3-16H,1-2H2. The minimum atomic E-state index is -0.600. The topological polar surface area (TPSA) is 61.8 Å². The van der Waals surface area contributed by atoms with Crippen LogP contribution in [0.3, 0.4) is 0 Å². The number of carbonyl (C=O) groups is 2. The van der Waals surface area contributed by atoms with Crippen molar-refractivity contribution in [2.24, 2.45) is 0 Å². The van der Waals surface area contributed by atoms with Gasteiger partial charge in [-0.05, 0) is 30.3 Å². The lowest BCUT2D eigenvalue weighted by molar-refractivity contribution is -0.129. The average molecular weight is 410 g/mol. The highest BCUT2D eigenvalue weighted by Gasteiger charge is 2.19. The fourth-order valence-corrected chi connectivity index (χ4v) is 3.27. The first-order valence-electron chi connectivity index (χ1n) is 9.50. The smallest absolute Gasteiger partial charge is 0.335 e. The van der Waals surface area contributed by atoms with Crippen LogP contribution >= 0.6 is 0 Å². The van der Waals surface area contributed by atoms with Gasteiger partial charge in [-0.25, -0.2) is 9.59 Å². The molecule has 4 aromatic rings. The summed E-state index contributed by atoms with van der Waals surface area (Å²) >= 11 is 0. The van der Waals surface area contributed by atoms with Gasteiger partial charge in [0.25, 0.3) is 0 Å². The molecule has 0 aliphatic rings. The molecule has 31 heavy (non-hydrogen) atoms. The Kier molecular flexibility index (Phi) is 5.49. The number of fused-ring (bicyclic) bond motifs is 2. The lowest BCUT2D eigenvalue weighted by Gasteiger charge is -2.16. The molecule has 0 radical (unpaired) electrons. The first-order chi connectivity index (χ1) is 15.1. The van der Waals surface area contributed by atoms with E-state index in [1.807, 2.05) is 42.5 Å². The molecule has 4 aromatic carbocycles. The first kappa shape index (κ1) is 19.9. The average Bonchev–Trinajstić information content (AvgIpc) is 2.81. The molecule has 0 bridgehead atoms. The zero-order chi connectivity index (χ0) is 21.8. The van der Waals surface area contributed by atoms with Crippen molar-refractivity contribution in [3.63, 3.8) is 0 Å². The summed E-state index contributed by atoms with van der Waals surface area (Å²) in [5.74, 6) is 0.674. The largest absolute Gasteiger partial charge is 0.457 e. The fourth-order valence-electron chi connectivity index (χ4n) is 3.27. The Morgan fingerprint density at radius 1 is 0.613 bits per heavy atom. The predicted octanol–water partition coefficient (Wildman–Crippen LogP) is 5.97. The molecule has 0 unspecified atom stereocenters. The third-order valence-corrected chi connectivity index (χ3v) is 4.61. The second kappa shape index (κ2) is 8.55. The molecule has 0 amide bonds. The summed E-state index contributed by atoms with van der Waals surface area (Å²) in [7, 11) is 0. The van der Waals surface area contributed by atoms with E-state index in [-0.39, 0.29) is 0 Å². The Morgan fingerprint density at radius 2 is 1.13 bits per heavy atom. The van der Waals surface area contributed by atoms with E-state index in [4.69, 9.17) is 14.2 Å². The van der Waals surface area contributed by atoms with E-state index in [2.05, 4.69) is 13.2 Å². The molecule has 5 heteroatoms. The van der Waals surface area contributed by atoms with Crippen LogP contribution in [0.15, 0.2) is 98.1 Å². The molecule has 0 aromatic heterocycles. The van der Waals surface area contributed by atoms with Crippen molar-refractivity contribution in [2.75, 3.05) is 0 Å². The maximum absolute atomic E-state index is 12.1. The highest BCUT2D eigenvalue weighted by molar-refractivity contribution is 6.13. The van der Waals surface area contributed by atoms with Gasteiger partial charge in [0.1, 0.15) is 23.0 Å². The normalized spacial score (nSPS) is 10.5. The monoisotopic (exact) mass is 410 g/mol. The van der Waals surface area contributed by atoms with Crippen LogP contribution in [0.2, 0.25) is 0 Å². The Labute approximate surface area is 178 Å². The fraction of sp³-hybridized carbons (Fsp3) is 0. The number of carbonyl (C=O) groups excluding carboxylic acids is 2. The van der Waals surface area contributed by atoms with Gasteiger partial charge in [0.2, 0.25) is 0 Å². The quantitative estimate of drug-likeness (QED) is 0.170. The van der Waals surface area contributed by atoms with Crippen LogP contribution in [0.1, 0.15) is 0 Å². The minimum Gasteiger partial charge on any atom is -0.457 e. The molecule has 0 fully saturated rings. The second-order valence-corrected chi connectivity index (χ2v) is 6.58. The molecule has 0 heterocycles. The van der Waals surface area contributed by atoms with E-state index < -0.39 is 11.9 Å². The molecule has 0 spiro atoms. The van der Waals surface area contributed by atoms with Crippen LogP contribution in [-0.4, -0.2) is 11.9 Å². The van der Waals surface area contributed by atoms with Crippen LogP contribution in [0.5, 0.6) is 23.0 Å². The van der Waals surface area contributed by atoms with Crippen molar-refractivity contribution >= 4 is 33.5 Å². The molecule has 152 valence electrons. The molecule has 0 aliphatic heterocycles. The minimum absolute atomic E-state index is 0.326. The van der Waals surface area contributed by atoms with Gasteiger partial charge in [-0.2, -0.15) is 0 Å². The molecule has 5 nitrogen and oxygen atoms in total. The second-order valence-electron chi connectivity index (χ2n) is 6.58. The van der Waals surface area contributed by atoms with Crippen LogP contribution in [0, 0.1) is 0 Å². The number of para-hydroxylation sites is 1. The summed E-state index contributed by atoms with van der Waals surface area (Å²) in [6.07, 6.45) is 2.19. The summed E-state index contributed by atoms with van der Waals surface area (Å²) in [4.78, 5) is 24.1. The number of hydrogen-bond donors (Lipinski definition) is 0. The number of rotatable bonds is 6. The number of benzene rings is 4. The van der Waals surface area contributed by atoms with Gasteiger partial charge < -0.3 is 14.2 Å². The third-order valence-electron chi connectivity index (χ3n) is 4.61. The molecule has 0 aliphatic carbocycles. The van der Waals surface area contributed by atoms with Gasteiger partial charge in [-0.1, -0.05) is 55.6 Å². The SMILES string of the molecule is C=CC(=O)Oc1c2ccccc2c(OC(=O)C=C)c2cc(Oc3ccccc3)ccc12. The molecular formula is C26H18O5. The molecule has 4 rings (SSSR count). The summed E-state index contributed by atoms with van der Waals surface area (Å²) in [5.41, 5.74) is 0. The lowest BCUT2D eigenvalue weighted by Crippen LogP contribution is -2.07. The van der Waals surface area contributed by atoms with E-state index >= 15 is 0 Å². The Balaban J connectivity index is 1.99. The first-order valence-corrected chi connectivity index (χ1v) is 9.50. The van der Waals surface area contributed by atoms with E-state index in [0.29, 0.717) is 44.5 Å². The zero-order valence-electron chi connectivity index (χ0n) is 16.5. The molecular weight excluding hydrogens is 392 g/mol. The summed E-state index contributed by atoms with van der Waals surface area (Å²) in [6.45, 7) is 6.95. The van der Waals surface area contributed by atoms with Crippen molar-refractivity contribution in [3.05, 3.63) is 98.1 Å². The van der Waals surface area contributed by atoms with Gasteiger partial charge in [0.05, 0.1) is 0 Å². The van der Waals surface area contributed by atoms with Crippen molar-refractivity contribution in [2.45, 2.75) is 0 Å². The molecule has 0 saturated carbocycles. The Hall–Kier alpha value is -4.38. The molecule has 0 N–H and O–H groups in total. The predicted molar refractivity (Wildman–Crippen MR) is 120 cm³/mol. The van der Waals surface area contributed by atoms with Crippen molar-refractivity contribution < 1.29 is 23.8 Å². The summed E-state index contributed by atoms with van der Waals surface area (Å²) in [5, 5.41) is 2.36. The van der Waals surface area contributed by atoms with Gasteiger partial charge in [0.15, 0.2) is 0 Å². The van der Waals surface area contributed by atoms with Crippen LogP contribution in [-0.2, 0) is 9.59 Å². The van der Waals surface area contributed by atoms with E-state index in [1.165, 1.54) is 0 Å². The highest BCUT2D eigenvalue weighted by atomic mass is 16.5. The molecule has 0 atom stereocenters. The third kappa shape index (κ3) is 4.02. The van der Waals surface area contributed by atoms with Crippen LogP contribution in [0.4, 0.5) is 0 Å². The van der Waals surface area contributed by atoms with Gasteiger partial charge >= 0.3 is 11.9 Å². The van der Waals surface area contributed by atoms with Gasteiger partial charge in [-0.15, -0.1) is 0 Å². The number of esters is 2.